The number of hydrogen-bond donors (Lipinski definition) is 0. The van der Waals surface area contributed by atoms with Gasteiger partial charge in [0.2, 0.25) is 0 Å². The van der Waals surface area contributed by atoms with Crippen LogP contribution in [0.1, 0.15) is 6.92 Å². The van der Waals surface area contributed by atoms with E-state index in [2.05, 4.69) is 4.74 Å². The highest BCUT2D eigenvalue weighted by Gasteiger charge is 2.55. The fraction of sp³-hybridized carbons (Fsp3) is 1.00. The third kappa shape index (κ3) is 4.30. The second-order valence-electron chi connectivity index (χ2n) is 2.31. The molecule has 0 aromatic rings. The lowest BCUT2D eigenvalue weighted by atomic mass is 10.4. The van der Waals surface area contributed by atoms with E-state index in [4.69, 9.17) is 0 Å². The lowest BCUT2D eigenvalue weighted by molar-refractivity contribution is -0.362. The molecule has 0 radical (unpaired) electrons. The van der Waals surface area contributed by atoms with Crippen LogP contribution < -0.4 is 0 Å². The predicted octanol–water partition coefficient (Wildman–Crippen LogP) is 2.81. The van der Waals surface area contributed by atoms with Crippen LogP contribution in [-0.4, -0.2) is 24.8 Å². The van der Waals surface area contributed by atoms with E-state index in [1.807, 2.05) is 0 Å². The molecule has 0 N–H and O–H groups in total. The van der Waals surface area contributed by atoms with E-state index < -0.39 is 24.8 Å². The second-order valence-corrected chi connectivity index (χ2v) is 2.31. The Morgan fingerprint density at radius 2 is 1.31 bits per heavy atom. The van der Waals surface area contributed by atoms with Gasteiger partial charge in [0.25, 0.3) is 0 Å². The summed E-state index contributed by atoms with van der Waals surface area (Å²) in [6.07, 6.45) is -10.2. The van der Waals surface area contributed by atoms with Crippen LogP contribution in [0.2, 0.25) is 0 Å². The highest BCUT2D eigenvalue weighted by molar-refractivity contribution is 4.71. The van der Waals surface area contributed by atoms with E-state index >= 15 is 0 Å². The molecule has 0 aliphatic carbocycles. The lowest BCUT2D eigenvalue weighted by Gasteiger charge is -2.23. The van der Waals surface area contributed by atoms with E-state index in [1.165, 1.54) is 0 Å². The molecule has 1 nitrogen and oxygen atoms in total. The quantitative estimate of drug-likeness (QED) is 0.656. The second kappa shape index (κ2) is 3.32. The van der Waals surface area contributed by atoms with Gasteiger partial charge in [0.05, 0.1) is 0 Å². The zero-order chi connectivity index (χ0) is 10.9. The van der Waals surface area contributed by atoms with Gasteiger partial charge in [0.15, 0.2) is 0 Å². The van der Waals surface area contributed by atoms with Crippen LogP contribution >= 0.6 is 0 Å². The maximum Gasteiger partial charge on any atom is 0.419 e. The van der Waals surface area contributed by atoms with Crippen LogP contribution in [0.3, 0.4) is 0 Å². The first-order valence-electron chi connectivity index (χ1n) is 2.92. The summed E-state index contributed by atoms with van der Waals surface area (Å²) in [6.45, 7) is -2.65. The maximum atomic E-state index is 12.0. The van der Waals surface area contributed by atoms with Crippen molar-refractivity contribution in [2.45, 2.75) is 25.1 Å². The SMILES string of the molecule is CC(F)(F)C(F)(F)OCC(F)(F)F. The Balaban J connectivity index is 4.21. The number of alkyl halides is 7. The normalized spacial score (nSPS) is 14.8. The van der Waals surface area contributed by atoms with Crippen molar-refractivity contribution in [2.75, 3.05) is 6.61 Å². The molecule has 0 aromatic carbocycles. The molecule has 8 heteroatoms. The topological polar surface area (TPSA) is 9.23 Å². The minimum absolute atomic E-state index is 0.233. The minimum Gasteiger partial charge on any atom is -0.306 e. The summed E-state index contributed by atoms with van der Waals surface area (Å²) in [4.78, 5) is 0. The average Bonchev–Trinajstić information content (AvgIpc) is 1.79. The molecular weight excluding hydrogens is 209 g/mol. The summed E-state index contributed by atoms with van der Waals surface area (Å²) in [6, 6.07) is 0. The van der Waals surface area contributed by atoms with Crippen molar-refractivity contribution >= 4 is 0 Å². The van der Waals surface area contributed by atoms with Crippen molar-refractivity contribution in [3.05, 3.63) is 0 Å². The summed E-state index contributed by atoms with van der Waals surface area (Å²) >= 11 is 0. The molecule has 0 aliphatic rings. The average molecular weight is 214 g/mol. The van der Waals surface area contributed by atoms with Gasteiger partial charge in [0.1, 0.15) is 6.61 Å². The minimum atomic E-state index is -5.11. The summed E-state index contributed by atoms with van der Waals surface area (Å²) in [7, 11) is 0. The smallest absolute Gasteiger partial charge is 0.306 e. The summed E-state index contributed by atoms with van der Waals surface area (Å²) in [5.41, 5.74) is 0. The van der Waals surface area contributed by atoms with E-state index in [-0.39, 0.29) is 6.92 Å². The number of rotatable bonds is 3. The van der Waals surface area contributed by atoms with Crippen LogP contribution in [0.4, 0.5) is 30.7 Å². The highest BCUT2D eigenvalue weighted by atomic mass is 19.4. The van der Waals surface area contributed by atoms with Crippen LogP contribution in [0.25, 0.3) is 0 Å². The van der Waals surface area contributed by atoms with Crippen LogP contribution in [-0.2, 0) is 4.74 Å². The van der Waals surface area contributed by atoms with Gasteiger partial charge in [0, 0.05) is 6.92 Å². The zero-order valence-electron chi connectivity index (χ0n) is 6.26. The van der Waals surface area contributed by atoms with E-state index in [1.54, 1.807) is 0 Å². The standard InChI is InChI=1S/C5H5F7O/c1-3(6,7)5(11,12)13-2-4(8,9)10/h2H2,1H3. The molecule has 0 aromatic heterocycles. The molecule has 0 heterocycles. The van der Waals surface area contributed by atoms with Crippen molar-refractivity contribution in [3.8, 4) is 0 Å². The molecule has 0 amide bonds. The van der Waals surface area contributed by atoms with Crippen LogP contribution in [0, 0.1) is 0 Å². The summed E-state index contributed by atoms with van der Waals surface area (Å²) < 4.78 is 84.2. The fourth-order valence-corrected chi connectivity index (χ4v) is 0.299. The maximum absolute atomic E-state index is 12.0. The molecule has 13 heavy (non-hydrogen) atoms. The third-order valence-electron chi connectivity index (χ3n) is 0.928. The predicted molar refractivity (Wildman–Crippen MR) is 27.6 cm³/mol. The first kappa shape index (κ1) is 12.5. The van der Waals surface area contributed by atoms with Gasteiger partial charge in [-0.15, -0.1) is 0 Å². The van der Waals surface area contributed by atoms with Gasteiger partial charge in [-0.25, -0.2) is 0 Å². The number of hydrogen-bond acceptors (Lipinski definition) is 1. The fourth-order valence-electron chi connectivity index (χ4n) is 0.299. The third-order valence-corrected chi connectivity index (χ3v) is 0.928. The van der Waals surface area contributed by atoms with Crippen molar-refractivity contribution in [2.24, 2.45) is 0 Å². The van der Waals surface area contributed by atoms with Gasteiger partial charge >= 0.3 is 18.2 Å². The van der Waals surface area contributed by atoms with E-state index in [9.17, 15) is 30.7 Å². The number of ether oxygens (including phenoxy) is 1. The van der Waals surface area contributed by atoms with E-state index in [0.717, 1.165) is 0 Å². The molecule has 0 saturated carbocycles. The highest BCUT2D eigenvalue weighted by Crippen LogP contribution is 2.35. The summed E-state index contributed by atoms with van der Waals surface area (Å²) in [5.74, 6) is -4.64. The Bertz CT molecular complexity index is 167. The van der Waals surface area contributed by atoms with Crippen molar-refractivity contribution in [3.63, 3.8) is 0 Å². The molecule has 0 unspecified atom stereocenters. The van der Waals surface area contributed by atoms with Crippen LogP contribution in [0.15, 0.2) is 0 Å². The Hall–Kier alpha value is -0.530. The van der Waals surface area contributed by atoms with Crippen LogP contribution in [0.5, 0.6) is 0 Å². The van der Waals surface area contributed by atoms with Gasteiger partial charge in [-0.05, 0) is 0 Å². The van der Waals surface area contributed by atoms with E-state index in [0.29, 0.717) is 0 Å². The zero-order valence-corrected chi connectivity index (χ0v) is 6.26. The number of halogens is 7. The molecule has 80 valence electrons. The van der Waals surface area contributed by atoms with Crippen molar-refractivity contribution in [1.29, 1.82) is 0 Å². The Morgan fingerprint density at radius 1 is 0.923 bits per heavy atom. The molecule has 0 fully saturated rings. The van der Waals surface area contributed by atoms with Crippen molar-refractivity contribution < 1.29 is 35.5 Å². The molecule has 0 atom stereocenters. The van der Waals surface area contributed by atoms with Crippen molar-refractivity contribution in [1.82, 2.24) is 0 Å². The van der Waals surface area contributed by atoms with Gasteiger partial charge in [-0.2, -0.15) is 30.7 Å². The lowest BCUT2D eigenvalue weighted by Crippen LogP contribution is -2.42. The molecule has 0 saturated heterocycles. The Morgan fingerprint density at radius 3 is 1.54 bits per heavy atom. The molecule has 0 spiro atoms. The largest absolute Gasteiger partial charge is 0.419 e. The molecule has 0 rings (SSSR count). The first-order valence-corrected chi connectivity index (χ1v) is 2.92. The molecular formula is C5H5F7O. The first-order chi connectivity index (χ1) is 5.46. The Labute approximate surface area is 68.5 Å². The molecule has 0 bridgehead atoms. The Kier molecular flexibility index (Phi) is 3.18. The monoisotopic (exact) mass is 214 g/mol. The summed E-state index contributed by atoms with van der Waals surface area (Å²) in [5, 5.41) is 0. The van der Waals surface area contributed by atoms with Gasteiger partial charge in [-0.3, -0.25) is 0 Å². The van der Waals surface area contributed by atoms with Gasteiger partial charge in [-0.1, -0.05) is 0 Å². The molecule has 0 aliphatic heterocycles. The van der Waals surface area contributed by atoms with Gasteiger partial charge < -0.3 is 4.74 Å².